The molecule has 0 spiro atoms. The van der Waals surface area contributed by atoms with Gasteiger partial charge in [0.1, 0.15) is 0 Å². The van der Waals surface area contributed by atoms with Gasteiger partial charge in [-0.15, -0.1) is 0 Å². The Labute approximate surface area is 120 Å². The maximum absolute atomic E-state index is 11.1. The summed E-state index contributed by atoms with van der Waals surface area (Å²) in [6.07, 6.45) is 6.41. The van der Waals surface area contributed by atoms with E-state index in [1.54, 1.807) is 6.26 Å². The first kappa shape index (κ1) is 14.1. The van der Waals surface area contributed by atoms with Crippen molar-refractivity contribution >= 4 is 0 Å². The third-order valence-corrected chi connectivity index (χ3v) is 5.13. The van der Waals surface area contributed by atoms with Crippen LogP contribution in [0.15, 0.2) is 23.0 Å². The van der Waals surface area contributed by atoms with Crippen LogP contribution in [0.4, 0.5) is 0 Å². The van der Waals surface area contributed by atoms with Crippen LogP contribution in [0.3, 0.4) is 0 Å². The highest BCUT2D eigenvalue weighted by Crippen LogP contribution is 2.39. The third-order valence-electron chi connectivity index (χ3n) is 5.13. The minimum absolute atomic E-state index is 0.311. The molecular weight excluding hydrogens is 254 g/mol. The molecule has 2 atom stereocenters. The quantitative estimate of drug-likeness (QED) is 0.922. The van der Waals surface area contributed by atoms with Gasteiger partial charge in [-0.2, -0.15) is 0 Å². The zero-order valence-electron chi connectivity index (χ0n) is 12.3. The van der Waals surface area contributed by atoms with E-state index in [0.717, 1.165) is 52.1 Å². The predicted molar refractivity (Wildman–Crippen MR) is 76.3 cm³/mol. The minimum Gasteiger partial charge on any atom is -0.472 e. The van der Waals surface area contributed by atoms with Gasteiger partial charge >= 0.3 is 0 Å². The second kappa shape index (κ2) is 5.88. The lowest BCUT2D eigenvalue weighted by Crippen LogP contribution is -2.55. The Morgan fingerprint density at radius 1 is 1.40 bits per heavy atom. The van der Waals surface area contributed by atoms with Crippen LogP contribution in [0.5, 0.6) is 0 Å². The lowest BCUT2D eigenvalue weighted by molar-refractivity contribution is -0.131. The Bertz CT molecular complexity index is 413. The van der Waals surface area contributed by atoms with Crippen molar-refractivity contribution in [2.75, 3.05) is 26.3 Å². The molecule has 1 aromatic heterocycles. The average Bonchev–Trinajstić information content (AvgIpc) is 2.97. The van der Waals surface area contributed by atoms with E-state index in [-0.39, 0.29) is 0 Å². The molecular formula is C16H25NO3. The molecule has 2 aliphatic heterocycles. The van der Waals surface area contributed by atoms with Crippen molar-refractivity contribution in [1.82, 2.24) is 4.90 Å². The van der Waals surface area contributed by atoms with Crippen LogP contribution in [0.25, 0.3) is 0 Å². The number of piperidine rings is 1. The maximum Gasteiger partial charge on any atom is 0.0947 e. The van der Waals surface area contributed by atoms with E-state index in [2.05, 4.69) is 11.8 Å². The van der Waals surface area contributed by atoms with Gasteiger partial charge in [0.15, 0.2) is 0 Å². The highest BCUT2D eigenvalue weighted by molar-refractivity contribution is 5.06. The van der Waals surface area contributed by atoms with E-state index in [0.29, 0.717) is 11.8 Å². The van der Waals surface area contributed by atoms with Gasteiger partial charge in [0.25, 0.3) is 0 Å². The summed E-state index contributed by atoms with van der Waals surface area (Å²) in [5, 5.41) is 11.1. The summed E-state index contributed by atoms with van der Waals surface area (Å²) in [4.78, 5) is 2.42. The summed E-state index contributed by atoms with van der Waals surface area (Å²) >= 11 is 0. The van der Waals surface area contributed by atoms with Crippen LogP contribution >= 0.6 is 0 Å². The summed E-state index contributed by atoms with van der Waals surface area (Å²) < 4.78 is 10.6. The van der Waals surface area contributed by atoms with E-state index in [1.165, 1.54) is 5.56 Å². The zero-order chi connectivity index (χ0) is 14.0. The molecule has 0 aliphatic carbocycles. The van der Waals surface area contributed by atoms with Crippen molar-refractivity contribution in [1.29, 1.82) is 0 Å². The maximum atomic E-state index is 11.1. The second-order valence-electron chi connectivity index (χ2n) is 6.40. The van der Waals surface area contributed by atoms with Gasteiger partial charge in [-0.3, -0.25) is 4.90 Å². The van der Waals surface area contributed by atoms with Gasteiger partial charge in [-0.05, 0) is 37.2 Å². The van der Waals surface area contributed by atoms with E-state index in [9.17, 15) is 5.11 Å². The normalized spacial score (nSPS) is 33.4. The van der Waals surface area contributed by atoms with Gasteiger partial charge in [0.05, 0.1) is 18.1 Å². The smallest absolute Gasteiger partial charge is 0.0947 e. The first-order chi connectivity index (χ1) is 9.68. The lowest BCUT2D eigenvalue weighted by Gasteiger charge is -2.48. The molecule has 2 aliphatic rings. The Hall–Kier alpha value is -0.840. The summed E-state index contributed by atoms with van der Waals surface area (Å²) in [7, 11) is 0. The van der Waals surface area contributed by atoms with Gasteiger partial charge in [0, 0.05) is 38.4 Å². The third kappa shape index (κ3) is 2.78. The molecule has 1 N–H and O–H groups in total. The first-order valence-electron chi connectivity index (χ1n) is 7.72. The van der Waals surface area contributed by atoms with Crippen LogP contribution in [0, 0.1) is 11.8 Å². The Morgan fingerprint density at radius 2 is 2.20 bits per heavy atom. The molecule has 0 saturated carbocycles. The molecule has 3 heterocycles. The molecule has 1 aromatic rings. The van der Waals surface area contributed by atoms with Crippen molar-refractivity contribution in [3.8, 4) is 0 Å². The van der Waals surface area contributed by atoms with Crippen molar-refractivity contribution in [2.45, 2.75) is 38.3 Å². The second-order valence-corrected chi connectivity index (χ2v) is 6.40. The number of ether oxygens (including phenoxy) is 1. The molecule has 0 radical (unpaired) electrons. The highest BCUT2D eigenvalue weighted by atomic mass is 16.5. The van der Waals surface area contributed by atoms with Crippen LogP contribution in [0.2, 0.25) is 0 Å². The largest absolute Gasteiger partial charge is 0.472 e. The monoisotopic (exact) mass is 279 g/mol. The number of furan rings is 1. The molecule has 20 heavy (non-hydrogen) atoms. The minimum atomic E-state index is -0.503. The van der Waals surface area contributed by atoms with E-state index in [4.69, 9.17) is 9.15 Å². The Balaban J connectivity index is 1.60. The summed E-state index contributed by atoms with van der Waals surface area (Å²) in [6.45, 7) is 6.64. The van der Waals surface area contributed by atoms with Crippen LogP contribution in [-0.4, -0.2) is 41.9 Å². The number of hydrogen-bond donors (Lipinski definition) is 1. The first-order valence-corrected chi connectivity index (χ1v) is 7.72. The van der Waals surface area contributed by atoms with Gasteiger partial charge in [-0.25, -0.2) is 0 Å². The van der Waals surface area contributed by atoms with E-state index in [1.807, 2.05) is 12.3 Å². The van der Waals surface area contributed by atoms with Crippen LogP contribution in [0.1, 0.15) is 31.7 Å². The predicted octanol–water partition coefficient (Wildman–Crippen LogP) is 2.28. The fraction of sp³-hybridized carbons (Fsp3) is 0.750. The molecule has 3 rings (SSSR count). The number of hydrogen-bond acceptors (Lipinski definition) is 4. The lowest BCUT2D eigenvalue weighted by atomic mass is 9.70. The molecule has 4 nitrogen and oxygen atoms in total. The molecule has 2 fully saturated rings. The summed E-state index contributed by atoms with van der Waals surface area (Å²) in [5.74, 6) is 0.716. The molecule has 0 amide bonds. The van der Waals surface area contributed by atoms with Gasteiger partial charge < -0.3 is 14.3 Å². The average molecular weight is 279 g/mol. The number of likely N-dealkylation sites (tertiary alicyclic amines) is 1. The summed E-state index contributed by atoms with van der Waals surface area (Å²) in [6, 6.07) is 2.02. The van der Waals surface area contributed by atoms with Crippen molar-refractivity contribution in [3.05, 3.63) is 24.2 Å². The Kier molecular flexibility index (Phi) is 4.15. The van der Waals surface area contributed by atoms with E-state index < -0.39 is 5.60 Å². The SMILES string of the molecule is CC1CN(Cc2ccoc2)CCC1(O)C1CCOCC1. The summed E-state index contributed by atoms with van der Waals surface area (Å²) in [5.41, 5.74) is 0.713. The number of nitrogens with zero attached hydrogens (tertiary/aromatic N) is 1. The molecule has 4 heteroatoms. The van der Waals surface area contributed by atoms with Crippen LogP contribution < -0.4 is 0 Å². The number of aliphatic hydroxyl groups is 1. The zero-order valence-corrected chi connectivity index (χ0v) is 12.3. The highest BCUT2D eigenvalue weighted by Gasteiger charge is 2.45. The van der Waals surface area contributed by atoms with Crippen molar-refractivity contribution < 1.29 is 14.3 Å². The molecule has 0 bridgehead atoms. The fourth-order valence-corrected chi connectivity index (χ4v) is 3.81. The van der Waals surface area contributed by atoms with E-state index >= 15 is 0 Å². The van der Waals surface area contributed by atoms with Crippen LogP contribution in [-0.2, 0) is 11.3 Å². The fourth-order valence-electron chi connectivity index (χ4n) is 3.81. The van der Waals surface area contributed by atoms with Gasteiger partial charge in [-0.1, -0.05) is 6.92 Å². The van der Waals surface area contributed by atoms with Crippen molar-refractivity contribution in [3.63, 3.8) is 0 Å². The Morgan fingerprint density at radius 3 is 2.85 bits per heavy atom. The van der Waals surface area contributed by atoms with Crippen molar-refractivity contribution in [2.24, 2.45) is 11.8 Å². The van der Waals surface area contributed by atoms with Gasteiger partial charge in [0.2, 0.25) is 0 Å². The number of rotatable bonds is 3. The molecule has 2 saturated heterocycles. The standard InChI is InChI=1S/C16H25NO3/c1-13-10-17(11-14-2-7-20-12-14)6-5-16(13,18)15-3-8-19-9-4-15/h2,7,12-13,15,18H,3-6,8-11H2,1H3. The molecule has 112 valence electrons. The molecule has 2 unspecified atom stereocenters. The molecule has 0 aromatic carbocycles. The topological polar surface area (TPSA) is 45.8 Å².